The number of aryl methyl sites for hydroxylation is 1. The second-order valence-electron chi connectivity index (χ2n) is 11.4. The van der Waals surface area contributed by atoms with Crippen molar-refractivity contribution in [3.8, 4) is 0 Å². The zero-order valence-corrected chi connectivity index (χ0v) is 23.5. The van der Waals surface area contributed by atoms with Crippen molar-refractivity contribution in [2.45, 2.75) is 68.8 Å². The lowest BCUT2D eigenvalue weighted by molar-refractivity contribution is -0.491. The minimum atomic E-state index is -4.30. The maximum Gasteiger partial charge on any atom is 0.280 e. The van der Waals surface area contributed by atoms with Crippen LogP contribution in [-0.4, -0.2) is 61.9 Å². The first kappa shape index (κ1) is 28.4. The molecule has 3 rings (SSSR count). The summed E-state index contributed by atoms with van der Waals surface area (Å²) in [6, 6.07) is 6.06. The zero-order valence-electron chi connectivity index (χ0n) is 21.7. The van der Waals surface area contributed by atoms with E-state index in [0.717, 1.165) is 5.56 Å². The summed E-state index contributed by atoms with van der Waals surface area (Å²) in [6.07, 6.45) is -0.180. The number of hydrazine groups is 1. The Morgan fingerprint density at radius 2 is 1.89 bits per heavy atom. The number of nitrogens with one attached hydrogen (secondary N) is 1. The number of aliphatic hydroxyl groups excluding tert-OH is 1. The van der Waals surface area contributed by atoms with Gasteiger partial charge < -0.3 is 9.53 Å². The van der Waals surface area contributed by atoms with Gasteiger partial charge in [0.25, 0.3) is 15.9 Å². The van der Waals surface area contributed by atoms with Gasteiger partial charge in [-0.05, 0) is 37.2 Å². The second kappa shape index (κ2) is 9.64. The van der Waals surface area contributed by atoms with Crippen molar-refractivity contribution in [3.63, 3.8) is 0 Å². The molecule has 0 unspecified atom stereocenters. The summed E-state index contributed by atoms with van der Waals surface area (Å²) < 4.78 is 33.6. The molecule has 2 aliphatic rings. The van der Waals surface area contributed by atoms with E-state index in [2.05, 4.69) is 32.8 Å². The molecule has 0 bridgehead atoms. The molecule has 12 heteroatoms. The fraction of sp³-hybridized carbons (Fsp3) is 0.625. The van der Waals surface area contributed by atoms with E-state index in [1.54, 1.807) is 12.1 Å². The molecule has 0 radical (unpaired) electrons. The van der Waals surface area contributed by atoms with E-state index in [1.165, 1.54) is 18.2 Å². The van der Waals surface area contributed by atoms with Crippen molar-refractivity contribution in [1.29, 1.82) is 0 Å². The lowest BCUT2D eigenvalue weighted by Crippen LogP contribution is -2.68. The summed E-state index contributed by atoms with van der Waals surface area (Å²) in [6.45, 7) is 15.5. The summed E-state index contributed by atoms with van der Waals surface area (Å²) in [7, 11) is -6.56. The van der Waals surface area contributed by atoms with Gasteiger partial charge in [-0.3, -0.25) is 14.9 Å². The predicted molar refractivity (Wildman–Crippen MR) is 137 cm³/mol. The molecule has 200 valence electrons. The van der Waals surface area contributed by atoms with Crippen LogP contribution in [0.3, 0.4) is 0 Å². The molecule has 2 N–H and O–H groups in total. The molecule has 2 fully saturated rings. The molecule has 1 saturated carbocycles. The lowest BCUT2D eigenvalue weighted by Gasteiger charge is -2.45. The van der Waals surface area contributed by atoms with Crippen molar-refractivity contribution in [1.82, 2.24) is 9.84 Å². The monoisotopic (exact) mass is 539 g/mol. The highest BCUT2D eigenvalue weighted by molar-refractivity contribution is 7.89. The molecule has 10 nitrogen and oxygen atoms in total. The Bertz CT molecular complexity index is 1130. The van der Waals surface area contributed by atoms with Gasteiger partial charge in [-0.15, -0.1) is 6.58 Å². The van der Waals surface area contributed by atoms with Gasteiger partial charge in [0.2, 0.25) is 6.54 Å². The van der Waals surface area contributed by atoms with Crippen molar-refractivity contribution in [3.05, 3.63) is 52.6 Å². The highest BCUT2D eigenvalue weighted by atomic mass is 32.2. The molecule has 1 aliphatic heterocycles. The van der Waals surface area contributed by atoms with E-state index in [4.69, 9.17) is 4.43 Å². The van der Waals surface area contributed by atoms with E-state index in [9.17, 15) is 28.4 Å². The van der Waals surface area contributed by atoms with E-state index in [-0.39, 0.29) is 23.0 Å². The van der Waals surface area contributed by atoms with Gasteiger partial charge in [-0.1, -0.05) is 44.5 Å². The topological polar surface area (TPSA) is 139 Å². The average Bonchev–Trinajstić information content (AvgIpc) is 2.98. The highest BCUT2D eigenvalue weighted by Crippen LogP contribution is 2.50. The number of benzene rings is 1. The summed E-state index contributed by atoms with van der Waals surface area (Å²) in [5.74, 6) is -2.90. The number of hydrogen-bond acceptors (Lipinski definition) is 8. The molecular formula is C24H37N3O7SSi. The van der Waals surface area contributed by atoms with Crippen LogP contribution in [0, 0.1) is 34.8 Å². The van der Waals surface area contributed by atoms with Crippen LogP contribution in [0.1, 0.15) is 32.8 Å². The maximum atomic E-state index is 13.4. The number of nitro groups is 1. The molecule has 1 heterocycles. The number of rotatable bonds is 8. The van der Waals surface area contributed by atoms with E-state index in [1.807, 2.05) is 20.0 Å². The Morgan fingerprint density at radius 1 is 1.31 bits per heavy atom. The Kier molecular flexibility index (Phi) is 7.62. The van der Waals surface area contributed by atoms with Gasteiger partial charge in [-0.25, -0.2) is 5.43 Å². The fourth-order valence-electron chi connectivity index (χ4n) is 4.94. The summed E-state index contributed by atoms with van der Waals surface area (Å²) >= 11 is 0. The quantitative estimate of drug-likeness (QED) is 0.223. The van der Waals surface area contributed by atoms with Crippen LogP contribution in [0.15, 0.2) is 41.8 Å². The van der Waals surface area contributed by atoms with Crippen LogP contribution >= 0.6 is 0 Å². The van der Waals surface area contributed by atoms with Gasteiger partial charge >= 0.3 is 0 Å². The van der Waals surface area contributed by atoms with E-state index >= 15 is 0 Å². The number of amides is 1. The van der Waals surface area contributed by atoms with Crippen LogP contribution in [0.4, 0.5) is 0 Å². The van der Waals surface area contributed by atoms with Gasteiger partial charge in [-0.2, -0.15) is 12.8 Å². The molecule has 5 atom stereocenters. The number of hydrogen-bond donors (Lipinski definition) is 2. The summed E-state index contributed by atoms with van der Waals surface area (Å²) in [5.41, 5.74) is 2.14. The highest BCUT2D eigenvalue weighted by Gasteiger charge is 2.64. The molecule has 0 spiro atoms. The third-order valence-corrected chi connectivity index (χ3v) is 14.3. The standard InChI is InChI=1S/C24H37N3O7SSi/c1-8-24-20(13-21(28)27(25-24)35(32,33)17-11-9-16(2)10-12-17)18(14-26(30)31)19(22(24)29)15-34-36(6,7)23(3,4)5/h8-12,18-20,22,25,29H,1,13-15H2,2-7H3/t18-,19-,20+,22+,24+/m1/s1. The Balaban J connectivity index is 2.00. The predicted octanol–water partition coefficient (Wildman–Crippen LogP) is 2.87. The van der Waals surface area contributed by atoms with Gasteiger partial charge in [0, 0.05) is 35.7 Å². The smallest absolute Gasteiger partial charge is 0.280 e. The zero-order chi connectivity index (χ0) is 27.3. The minimum Gasteiger partial charge on any atom is -0.416 e. The molecule has 0 aromatic heterocycles. The molecule has 36 heavy (non-hydrogen) atoms. The number of carbonyl (C=O) groups is 1. The molecule has 1 aliphatic carbocycles. The number of sulfonamides is 1. The van der Waals surface area contributed by atoms with Crippen molar-refractivity contribution < 1.29 is 27.7 Å². The Hall–Kier alpha value is -2.12. The number of fused-ring (bicyclic) bond motifs is 1. The van der Waals surface area contributed by atoms with E-state index in [0.29, 0.717) is 4.41 Å². The first-order valence-corrected chi connectivity index (χ1v) is 16.3. The van der Waals surface area contributed by atoms with Crippen LogP contribution in [0.2, 0.25) is 18.1 Å². The van der Waals surface area contributed by atoms with Crippen molar-refractivity contribution in [2.75, 3.05) is 13.2 Å². The number of nitrogens with zero attached hydrogens (tertiary/aromatic N) is 2. The van der Waals surface area contributed by atoms with Gasteiger partial charge in [0.1, 0.15) is 0 Å². The summed E-state index contributed by atoms with van der Waals surface area (Å²) in [5, 5.41) is 23.0. The first-order chi connectivity index (χ1) is 16.5. The SMILES string of the molecule is C=C[C@]12NN(S(=O)(=O)c3ccc(C)cc3)C(=O)C[C@H]1[C@H](C[N+](=O)[O-])[C@@H](CO[Si](C)(C)C(C)(C)C)[C@@H]2O. The number of carbonyl (C=O) groups excluding carboxylic acids is 1. The first-order valence-electron chi connectivity index (χ1n) is 12.0. The Morgan fingerprint density at radius 3 is 2.39 bits per heavy atom. The number of aliphatic hydroxyl groups is 1. The van der Waals surface area contributed by atoms with Crippen molar-refractivity contribution in [2.24, 2.45) is 17.8 Å². The molecule has 1 amide bonds. The molecular weight excluding hydrogens is 502 g/mol. The van der Waals surface area contributed by atoms with Crippen LogP contribution in [0.5, 0.6) is 0 Å². The normalized spacial score (nSPS) is 29.2. The second-order valence-corrected chi connectivity index (χ2v) is 18.0. The molecule has 1 aromatic carbocycles. The third-order valence-electron chi connectivity index (χ3n) is 8.19. The largest absolute Gasteiger partial charge is 0.416 e. The van der Waals surface area contributed by atoms with Crippen LogP contribution < -0.4 is 5.43 Å². The fourth-order valence-corrected chi connectivity index (χ4v) is 7.29. The minimum absolute atomic E-state index is 0.0584. The van der Waals surface area contributed by atoms with Crippen molar-refractivity contribution >= 4 is 24.2 Å². The van der Waals surface area contributed by atoms with E-state index < -0.39 is 65.1 Å². The lowest BCUT2D eigenvalue weighted by atomic mass is 9.78. The average molecular weight is 540 g/mol. The molecule has 1 saturated heterocycles. The Labute approximate surface area is 214 Å². The van der Waals surface area contributed by atoms with Crippen LogP contribution in [0.25, 0.3) is 0 Å². The van der Waals surface area contributed by atoms with Gasteiger partial charge in [0.15, 0.2) is 8.32 Å². The molecule has 1 aromatic rings. The maximum absolute atomic E-state index is 13.4. The van der Waals surface area contributed by atoms with Gasteiger partial charge in [0.05, 0.1) is 16.5 Å². The third kappa shape index (κ3) is 4.88. The van der Waals surface area contributed by atoms with Crippen LogP contribution in [-0.2, 0) is 19.2 Å². The summed E-state index contributed by atoms with van der Waals surface area (Å²) in [4.78, 5) is 24.2.